The Bertz CT molecular complexity index is 657. The molecule has 0 radical (unpaired) electrons. The molecule has 1 N–H and O–H groups in total. The molecule has 0 spiro atoms. The highest BCUT2D eigenvalue weighted by Crippen LogP contribution is 2.07. The molecule has 1 aromatic carbocycles. The van der Waals surface area contributed by atoms with E-state index in [1.807, 2.05) is 4.72 Å². The normalized spacial score (nSPS) is 10.9. The maximum Gasteiger partial charge on any atom is 0.264 e. The Morgan fingerprint density at radius 2 is 1.74 bits per heavy atom. The van der Waals surface area contributed by atoms with E-state index in [0.717, 1.165) is 0 Å². The van der Waals surface area contributed by atoms with E-state index in [2.05, 4.69) is 9.97 Å². The SMILES string of the molecule is O=C(Cc1cncnc1)NS(=O)(=O)c1ccccc1. The van der Waals surface area contributed by atoms with Gasteiger partial charge in [-0.3, -0.25) is 4.79 Å². The highest BCUT2D eigenvalue weighted by Gasteiger charge is 2.17. The number of aromatic nitrogens is 2. The molecular formula is C12H11N3O3S. The van der Waals surface area contributed by atoms with Crippen LogP contribution in [0.2, 0.25) is 0 Å². The summed E-state index contributed by atoms with van der Waals surface area (Å²) in [5.41, 5.74) is 0.545. The Balaban J connectivity index is 2.07. The topological polar surface area (TPSA) is 89.0 Å². The van der Waals surface area contributed by atoms with Gasteiger partial charge in [0.15, 0.2) is 0 Å². The molecule has 0 unspecified atom stereocenters. The van der Waals surface area contributed by atoms with E-state index in [9.17, 15) is 13.2 Å². The molecule has 0 bridgehead atoms. The standard InChI is InChI=1S/C12H11N3O3S/c16-12(6-10-7-13-9-14-8-10)15-19(17,18)11-4-2-1-3-5-11/h1-5,7-9H,6H2,(H,15,16). The van der Waals surface area contributed by atoms with E-state index in [1.165, 1.54) is 30.9 Å². The molecule has 2 aromatic rings. The summed E-state index contributed by atoms with van der Waals surface area (Å²) in [6.07, 6.45) is 4.17. The molecule has 0 atom stereocenters. The van der Waals surface area contributed by atoms with Crippen molar-refractivity contribution in [1.29, 1.82) is 0 Å². The molecule has 1 heterocycles. The van der Waals surface area contributed by atoms with Crippen molar-refractivity contribution in [2.75, 3.05) is 0 Å². The van der Waals surface area contributed by atoms with Gasteiger partial charge in [-0.2, -0.15) is 0 Å². The van der Waals surface area contributed by atoms with Gasteiger partial charge in [-0.15, -0.1) is 0 Å². The van der Waals surface area contributed by atoms with Gasteiger partial charge in [-0.1, -0.05) is 18.2 Å². The summed E-state index contributed by atoms with van der Waals surface area (Å²) >= 11 is 0. The van der Waals surface area contributed by atoms with Crippen molar-refractivity contribution in [3.8, 4) is 0 Å². The third-order valence-electron chi connectivity index (χ3n) is 2.28. The third-order valence-corrected chi connectivity index (χ3v) is 3.67. The molecule has 0 saturated heterocycles. The van der Waals surface area contributed by atoms with E-state index in [0.29, 0.717) is 5.56 Å². The van der Waals surface area contributed by atoms with Crippen molar-refractivity contribution in [2.45, 2.75) is 11.3 Å². The van der Waals surface area contributed by atoms with Gasteiger partial charge in [-0.25, -0.2) is 23.1 Å². The third kappa shape index (κ3) is 3.59. The van der Waals surface area contributed by atoms with Crippen LogP contribution in [-0.2, 0) is 21.2 Å². The van der Waals surface area contributed by atoms with Crippen LogP contribution in [0.3, 0.4) is 0 Å². The lowest BCUT2D eigenvalue weighted by Gasteiger charge is -2.06. The van der Waals surface area contributed by atoms with Gasteiger partial charge in [0.25, 0.3) is 10.0 Å². The summed E-state index contributed by atoms with van der Waals surface area (Å²) in [7, 11) is -3.82. The second-order valence-corrected chi connectivity index (χ2v) is 5.45. The average Bonchev–Trinajstić information content (AvgIpc) is 2.40. The number of benzene rings is 1. The lowest BCUT2D eigenvalue weighted by atomic mass is 10.2. The summed E-state index contributed by atoms with van der Waals surface area (Å²) in [5, 5.41) is 0. The van der Waals surface area contributed by atoms with Gasteiger partial charge < -0.3 is 0 Å². The minimum Gasteiger partial charge on any atom is -0.274 e. The van der Waals surface area contributed by atoms with Crippen LogP contribution in [-0.4, -0.2) is 24.3 Å². The van der Waals surface area contributed by atoms with E-state index < -0.39 is 15.9 Å². The second-order valence-electron chi connectivity index (χ2n) is 3.77. The van der Waals surface area contributed by atoms with Crippen molar-refractivity contribution in [3.05, 3.63) is 54.6 Å². The fourth-order valence-corrected chi connectivity index (χ4v) is 2.46. The summed E-state index contributed by atoms with van der Waals surface area (Å²) in [4.78, 5) is 19.2. The Morgan fingerprint density at radius 1 is 1.11 bits per heavy atom. The Labute approximate surface area is 110 Å². The first-order chi connectivity index (χ1) is 9.08. The van der Waals surface area contributed by atoms with Crippen LogP contribution in [0.25, 0.3) is 0 Å². The van der Waals surface area contributed by atoms with Crippen LogP contribution in [0.5, 0.6) is 0 Å². The largest absolute Gasteiger partial charge is 0.274 e. The first kappa shape index (κ1) is 13.2. The first-order valence-corrected chi connectivity index (χ1v) is 6.91. The summed E-state index contributed by atoms with van der Waals surface area (Å²) in [6, 6.07) is 7.71. The molecular weight excluding hydrogens is 266 g/mol. The van der Waals surface area contributed by atoms with Crippen molar-refractivity contribution >= 4 is 15.9 Å². The summed E-state index contributed by atoms with van der Waals surface area (Å²) < 4.78 is 25.7. The van der Waals surface area contributed by atoms with Crippen LogP contribution in [0.4, 0.5) is 0 Å². The van der Waals surface area contributed by atoms with E-state index in [4.69, 9.17) is 0 Å². The van der Waals surface area contributed by atoms with Gasteiger partial charge in [0.05, 0.1) is 11.3 Å². The van der Waals surface area contributed by atoms with E-state index in [-0.39, 0.29) is 11.3 Å². The molecule has 0 aliphatic heterocycles. The number of sulfonamides is 1. The number of amides is 1. The number of nitrogens with one attached hydrogen (secondary N) is 1. The molecule has 2 rings (SSSR count). The van der Waals surface area contributed by atoms with Crippen molar-refractivity contribution in [2.24, 2.45) is 0 Å². The zero-order valence-electron chi connectivity index (χ0n) is 9.85. The highest BCUT2D eigenvalue weighted by atomic mass is 32.2. The summed E-state index contributed by atoms with van der Waals surface area (Å²) in [6.45, 7) is 0. The van der Waals surface area contributed by atoms with Crippen molar-refractivity contribution in [1.82, 2.24) is 14.7 Å². The van der Waals surface area contributed by atoms with Crippen LogP contribution in [0.15, 0.2) is 53.9 Å². The Hall–Kier alpha value is -2.28. The van der Waals surface area contributed by atoms with Crippen LogP contribution in [0, 0.1) is 0 Å². The van der Waals surface area contributed by atoms with Crippen LogP contribution >= 0.6 is 0 Å². The molecule has 0 saturated carbocycles. The molecule has 0 aliphatic rings. The molecule has 19 heavy (non-hydrogen) atoms. The summed E-state index contributed by atoms with van der Waals surface area (Å²) in [5.74, 6) is -0.626. The first-order valence-electron chi connectivity index (χ1n) is 5.42. The quantitative estimate of drug-likeness (QED) is 0.880. The Morgan fingerprint density at radius 3 is 2.37 bits per heavy atom. The number of rotatable bonds is 4. The maximum atomic E-state index is 11.9. The number of carbonyl (C=O) groups is 1. The lowest BCUT2D eigenvalue weighted by Crippen LogP contribution is -2.31. The average molecular weight is 277 g/mol. The van der Waals surface area contributed by atoms with Gasteiger partial charge in [0.1, 0.15) is 6.33 Å². The van der Waals surface area contributed by atoms with Crippen LogP contribution < -0.4 is 4.72 Å². The molecule has 0 fully saturated rings. The predicted octanol–water partition coefficient (Wildman–Crippen LogP) is 0.524. The van der Waals surface area contributed by atoms with Crippen LogP contribution in [0.1, 0.15) is 5.56 Å². The van der Waals surface area contributed by atoms with E-state index in [1.54, 1.807) is 18.2 Å². The lowest BCUT2D eigenvalue weighted by molar-refractivity contribution is -0.118. The minimum absolute atomic E-state index is 0.0488. The van der Waals surface area contributed by atoms with Crippen molar-refractivity contribution < 1.29 is 13.2 Å². The van der Waals surface area contributed by atoms with Gasteiger partial charge in [0.2, 0.25) is 5.91 Å². The molecule has 7 heteroatoms. The zero-order chi connectivity index (χ0) is 13.7. The smallest absolute Gasteiger partial charge is 0.264 e. The van der Waals surface area contributed by atoms with Crippen molar-refractivity contribution in [3.63, 3.8) is 0 Å². The molecule has 6 nitrogen and oxygen atoms in total. The number of nitrogens with zero attached hydrogens (tertiary/aromatic N) is 2. The number of hydrogen-bond acceptors (Lipinski definition) is 5. The zero-order valence-corrected chi connectivity index (χ0v) is 10.7. The number of hydrogen-bond donors (Lipinski definition) is 1. The maximum absolute atomic E-state index is 11.9. The Kier molecular flexibility index (Phi) is 3.86. The van der Waals surface area contributed by atoms with E-state index >= 15 is 0 Å². The van der Waals surface area contributed by atoms with Gasteiger partial charge >= 0.3 is 0 Å². The second kappa shape index (κ2) is 5.57. The predicted molar refractivity (Wildman–Crippen MR) is 67.5 cm³/mol. The number of carbonyl (C=O) groups excluding carboxylic acids is 1. The minimum atomic E-state index is -3.82. The molecule has 0 aliphatic carbocycles. The molecule has 98 valence electrons. The molecule has 1 amide bonds. The fraction of sp³-hybridized carbons (Fsp3) is 0.0833. The fourth-order valence-electron chi connectivity index (χ4n) is 1.45. The monoisotopic (exact) mass is 277 g/mol. The molecule has 1 aromatic heterocycles. The van der Waals surface area contributed by atoms with Gasteiger partial charge in [-0.05, 0) is 17.7 Å². The van der Waals surface area contributed by atoms with Gasteiger partial charge in [0, 0.05) is 12.4 Å². The highest BCUT2D eigenvalue weighted by molar-refractivity contribution is 7.90.